The molecule has 2 heterocycles. The SMILES string of the molecule is CC(C)n1ncc(C(=O)N2CCOC(C(=O)O)C2)c1C(F)(F)F. The molecule has 10 heteroatoms. The van der Waals surface area contributed by atoms with Crippen LogP contribution in [0.2, 0.25) is 0 Å². The van der Waals surface area contributed by atoms with Gasteiger partial charge in [0.25, 0.3) is 5.91 Å². The van der Waals surface area contributed by atoms with Gasteiger partial charge < -0.3 is 14.7 Å². The largest absolute Gasteiger partial charge is 0.479 e. The van der Waals surface area contributed by atoms with E-state index in [-0.39, 0.29) is 19.7 Å². The topological polar surface area (TPSA) is 84.7 Å². The van der Waals surface area contributed by atoms with Gasteiger partial charge >= 0.3 is 12.1 Å². The predicted octanol–water partition coefficient (Wildman–Crippen LogP) is 1.41. The van der Waals surface area contributed by atoms with E-state index in [2.05, 4.69) is 5.10 Å². The third-order valence-electron chi connectivity index (χ3n) is 3.41. The highest BCUT2D eigenvalue weighted by Gasteiger charge is 2.42. The Hall–Kier alpha value is -2.10. The van der Waals surface area contributed by atoms with Gasteiger partial charge in [-0.1, -0.05) is 0 Å². The number of alkyl halides is 3. The molecule has 1 unspecified atom stereocenters. The summed E-state index contributed by atoms with van der Waals surface area (Å²) in [6, 6.07) is -0.579. The number of carboxylic acids is 1. The number of carbonyl (C=O) groups is 2. The molecule has 7 nitrogen and oxygen atoms in total. The first-order valence-electron chi connectivity index (χ1n) is 6.91. The molecule has 0 aliphatic carbocycles. The Bertz CT molecular complexity index is 612. The molecule has 23 heavy (non-hydrogen) atoms. The number of morpholine rings is 1. The fourth-order valence-corrected chi connectivity index (χ4v) is 2.35. The summed E-state index contributed by atoms with van der Waals surface area (Å²) in [5, 5.41) is 12.6. The molecule has 1 atom stereocenters. The summed E-state index contributed by atoms with van der Waals surface area (Å²) >= 11 is 0. The Morgan fingerprint density at radius 1 is 1.43 bits per heavy atom. The molecule has 1 fully saturated rings. The fourth-order valence-electron chi connectivity index (χ4n) is 2.35. The number of carboxylic acid groups (broad SMARTS) is 1. The summed E-state index contributed by atoms with van der Waals surface area (Å²) in [6.45, 7) is 2.70. The molecule has 1 amide bonds. The van der Waals surface area contributed by atoms with E-state index < -0.39 is 41.5 Å². The van der Waals surface area contributed by atoms with Crippen molar-refractivity contribution in [3.05, 3.63) is 17.5 Å². The molecule has 128 valence electrons. The molecule has 1 N–H and O–H groups in total. The molecule has 2 rings (SSSR count). The van der Waals surface area contributed by atoms with Crippen LogP contribution in [0.15, 0.2) is 6.20 Å². The lowest BCUT2D eigenvalue weighted by atomic mass is 10.1. The summed E-state index contributed by atoms with van der Waals surface area (Å²) in [4.78, 5) is 24.4. The molecule has 1 aliphatic rings. The number of aliphatic carboxylic acids is 1. The first kappa shape index (κ1) is 17.3. The van der Waals surface area contributed by atoms with Crippen molar-refractivity contribution in [2.24, 2.45) is 0 Å². The molecule has 1 aromatic heterocycles. The zero-order valence-corrected chi connectivity index (χ0v) is 12.5. The van der Waals surface area contributed by atoms with Crippen LogP contribution in [0.5, 0.6) is 0 Å². The normalized spacial score (nSPS) is 19.2. The second-order valence-corrected chi connectivity index (χ2v) is 5.39. The Balaban J connectivity index is 2.34. The molecule has 1 aromatic rings. The van der Waals surface area contributed by atoms with Crippen molar-refractivity contribution in [2.45, 2.75) is 32.2 Å². The van der Waals surface area contributed by atoms with E-state index in [4.69, 9.17) is 9.84 Å². The van der Waals surface area contributed by atoms with E-state index in [0.29, 0.717) is 0 Å². The summed E-state index contributed by atoms with van der Waals surface area (Å²) in [7, 11) is 0. The molecule has 0 saturated carbocycles. The van der Waals surface area contributed by atoms with E-state index in [0.717, 1.165) is 15.8 Å². The van der Waals surface area contributed by atoms with Crippen LogP contribution >= 0.6 is 0 Å². The van der Waals surface area contributed by atoms with E-state index in [1.807, 2.05) is 0 Å². The maximum absolute atomic E-state index is 13.3. The number of aromatic nitrogens is 2. The Morgan fingerprint density at radius 3 is 2.61 bits per heavy atom. The van der Waals surface area contributed by atoms with Gasteiger partial charge in [0.05, 0.1) is 24.9 Å². The number of hydrogen-bond donors (Lipinski definition) is 1. The number of ether oxygens (including phenoxy) is 1. The molecule has 0 bridgehead atoms. The standard InChI is InChI=1S/C13H16F3N3O4/c1-7(2)19-10(13(14,15)16)8(5-17-19)11(20)18-3-4-23-9(6-18)12(21)22/h5,7,9H,3-4,6H2,1-2H3,(H,21,22). The number of halogens is 3. The first-order chi connectivity index (χ1) is 10.6. The smallest absolute Gasteiger partial charge is 0.433 e. The first-order valence-corrected chi connectivity index (χ1v) is 6.91. The highest BCUT2D eigenvalue weighted by atomic mass is 19.4. The lowest BCUT2D eigenvalue weighted by Gasteiger charge is -2.31. The molecular weight excluding hydrogens is 319 g/mol. The van der Waals surface area contributed by atoms with Gasteiger partial charge in [-0.05, 0) is 13.8 Å². The van der Waals surface area contributed by atoms with Gasteiger partial charge in [-0.2, -0.15) is 18.3 Å². The molecule has 1 saturated heterocycles. The van der Waals surface area contributed by atoms with E-state index >= 15 is 0 Å². The predicted molar refractivity (Wildman–Crippen MR) is 70.9 cm³/mol. The Kier molecular flexibility index (Phi) is 4.64. The number of nitrogens with zero attached hydrogens (tertiary/aromatic N) is 3. The van der Waals surface area contributed by atoms with Crippen molar-refractivity contribution in [2.75, 3.05) is 19.7 Å². The van der Waals surface area contributed by atoms with Crippen molar-refractivity contribution < 1.29 is 32.6 Å². The highest BCUT2D eigenvalue weighted by Crippen LogP contribution is 2.34. The molecule has 0 radical (unpaired) electrons. The summed E-state index contributed by atoms with van der Waals surface area (Å²) in [5.74, 6) is -2.17. The van der Waals surface area contributed by atoms with Gasteiger partial charge in [0, 0.05) is 12.6 Å². The number of rotatable bonds is 3. The molecule has 0 aromatic carbocycles. The van der Waals surface area contributed by atoms with E-state index in [1.54, 1.807) is 0 Å². The zero-order chi connectivity index (χ0) is 17.4. The van der Waals surface area contributed by atoms with Gasteiger partial charge in [0.2, 0.25) is 0 Å². The van der Waals surface area contributed by atoms with Crippen LogP contribution in [0.25, 0.3) is 0 Å². The summed E-state index contributed by atoms with van der Waals surface area (Å²) in [6.07, 6.45) is -5.12. The summed E-state index contributed by atoms with van der Waals surface area (Å²) < 4.78 is 45.6. The quantitative estimate of drug-likeness (QED) is 0.903. The van der Waals surface area contributed by atoms with Crippen LogP contribution in [0.1, 0.15) is 35.9 Å². The monoisotopic (exact) mass is 335 g/mol. The molecule has 0 spiro atoms. The minimum Gasteiger partial charge on any atom is -0.479 e. The highest BCUT2D eigenvalue weighted by molar-refractivity contribution is 5.95. The van der Waals surface area contributed by atoms with Gasteiger partial charge in [-0.25, -0.2) is 4.79 Å². The number of amides is 1. The fraction of sp³-hybridized carbons (Fsp3) is 0.615. The van der Waals surface area contributed by atoms with Gasteiger partial charge in [0.1, 0.15) is 0 Å². The second kappa shape index (κ2) is 6.19. The Morgan fingerprint density at radius 2 is 2.09 bits per heavy atom. The second-order valence-electron chi connectivity index (χ2n) is 5.39. The number of carbonyl (C=O) groups excluding carboxylic acids is 1. The number of hydrogen-bond acceptors (Lipinski definition) is 4. The third-order valence-corrected chi connectivity index (χ3v) is 3.41. The van der Waals surface area contributed by atoms with E-state index in [1.165, 1.54) is 13.8 Å². The molecular formula is C13H16F3N3O4. The van der Waals surface area contributed by atoms with Crippen LogP contribution in [-0.4, -0.2) is 57.5 Å². The van der Waals surface area contributed by atoms with Crippen LogP contribution < -0.4 is 0 Å². The molecule has 1 aliphatic heterocycles. The van der Waals surface area contributed by atoms with E-state index in [9.17, 15) is 22.8 Å². The third kappa shape index (κ3) is 3.46. The Labute approximate surface area is 129 Å². The minimum atomic E-state index is -4.75. The van der Waals surface area contributed by atoms with Crippen LogP contribution in [-0.2, 0) is 15.7 Å². The van der Waals surface area contributed by atoms with Crippen molar-refractivity contribution in [3.63, 3.8) is 0 Å². The van der Waals surface area contributed by atoms with Crippen LogP contribution in [0.3, 0.4) is 0 Å². The maximum atomic E-state index is 13.3. The average Bonchev–Trinajstić information content (AvgIpc) is 2.91. The van der Waals surface area contributed by atoms with Gasteiger partial charge in [0.15, 0.2) is 11.8 Å². The van der Waals surface area contributed by atoms with Crippen molar-refractivity contribution in [1.82, 2.24) is 14.7 Å². The van der Waals surface area contributed by atoms with Crippen molar-refractivity contribution >= 4 is 11.9 Å². The van der Waals surface area contributed by atoms with Gasteiger partial charge in [-0.3, -0.25) is 9.48 Å². The maximum Gasteiger partial charge on any atom is 0.433 e. The van der Waals surface area contributed by atoms with Gasteiger partial charge in [-0.15, -0.1) is 0 Å². The van der Waals surface area contributed by atoms with Crippen molar-refractivity contribution in [1.29, 1.82) is 0 Å². The van der Waals surface area contributed by atoms with Crippen molar-refractivity contribution in [3.8, 4) is 0 Å². The zero-order valence-electron chi connectivity index (χ0n) is 12.5. The lowest BCUT2D eigenvalue weighted by Crippen LogP contribution is -2.48. The van der Waals surface area contributed by atoms with Crippen LogP contribution in [0, 0.1) is 0 Å². The lowest BCUT2D eigenvalue weighted by molar-refractivity contribution is -0.155. The minimum absolute atomic E-state index is 0.0206. The average molecular weight is 335 g/mol. The summed E-state index contributed by atoms with van der Waals surface area (Å²) in [5.41, 5.74) is -1.71. The van der Waals surface area contributed by atoms with Crippen LogP contribution in [0.4, 0.5) is 13.2 Å².